The predicted molar refractivity (Wildman–Crippen MR) is 64.3 cm³/mol. The average molecular weight is 303 g/mol. The van der Waals surface area contributed by atoms with E-state index in [1.807, 2.05) is 0 Å². The van der Waals surface area contributed by atoms with E-state index in [-0.39, 0.29) is 6.61 Å². The largest absolute Gasteiger partial charge is 0.697 e. The second-order valence-corrected chi connectivity index (χ2v) is 5.73. The van der Waals surface area contributed by atoms with Gasteiger partial charge in [-0.15, -0.1) is 9.05 Å². The molecule has 0 spiro atoms. The monoisotopic (exact) mass is 303 g/mol. The lowest BCUT2D eigenvalue weighted by Gasteiger charge is -2.27. The van der Waals surface area contributed by atoms with Crippen molar-refractivity contribution in [3.63, 3.8) is 0 Å². The summed E-state index contributed by atoms with van der Waals surface area (Å²) in [5, 5.41) is 10.5. The first kappa shape index (κ1) is 13.6. The molecule has 2 saturated heterocycles. The summed E-state index contributed by atoms with van der Waals surface area (Å²) in [6.45, 7) is 1.40. The Morgan fingerprint density at radius 2 is 2.30 bits per heavy atom. The number of hydrogen-bond donors (Lipinski definition) is 2. The molecule has 10 heteroatoms. The van der Waals surface area contributed by atoms with Crippen molar-refractivity contribution < 1.29 is 23.5 Å². The molecule has 3 rings (SSSR count). The van der Waals surface area contributed by atoms with Gasteiger partial charge in [0.2, 0.25) is 0 Å². The molecule has 1 aromatic rings. The van der Waals surface area contributed by atoms with E-state index in [9.17, 15) is 19.3 Å². The third-order valence-electron chi connectivity index (χ3n) is 3.36. The zero-order chi connectivity index (χ0) is 14.5. The molecule has 0 saturated carbocycles. The molecule has 20 heavy (non-hydrogen) atoms. The van der Waals surface area contributed by atoms with Crippen LogP contribution in [0.5, 0.6) is 0 Å². The maximum atomic E-state index is 11.8. The summed E-state index contributed by atoms with van der Waals surface area (Å²) >= 11 is 0. The quantitative estimate of drug-likeness (QED) is 0.655. The van der Waals surface area contributed by atoms with Crippen molar-refractivity contribution in [1.29, 1.82) is 0 Å². The summed E-state index contributed by atoms with van der Waals surface area (Å²) in [7, 11) is -2.32. The van der Waals surface area contributed by atoms with Gasteiger partial charge in [-0.2, -0.15) is 0 Å². The third kappa shape index (κ3) is 2.04. The summed E-state index contributed by atoms with van der Waals surface area (Å²) in [4.78, 5) is 24.9. The van der Waals surface area contributed by atoms with Crippen LogP contribution in [0.15, 0.2) is 21.9 Å². The number of H-pyrrole nitrogens is 1. The molecule has 1 aromatic heterocycles. The first-order chi connectivity index (χ1) is 9.39. The summed E-state index contributed by atoms with van der Waals surface area (Å²) in [6.07, 6.45) is -1.39. The Labute approximate surface area is 113 Å². The summed E-state index contributed by atoms with van der Waals surface area (Å²) in [5.74, 6) is 0. The van der Waals surface area contributed by atoms with Crippen LogP contribution in [0.25, 0.3) is 0 Å². The predicted octanol–water partition coefficient (Wildman–Crippen LogP) is -0.742. The molecule has 2 aliphatic rings. The van der Waals surface area contributed by atoms with Gasteiger partial charge in [0.25, 0.3) is 5.56 Å². The Balaban J connectivity index is 2.00. The van der Waals surface area contributed by atoms with Gasteiger partial charge in [-0.05, 0) is 6.92 Å². The second kappa shape index (κ2) is 4.57. The topological polar surface area (TPSA) is 120 Å². The van der Waals surface area contributed by atoms with Gasteiger partial charge in [-0.25, -0.2) is 4.79 Å². The first-order valence-electron chi connectivity index (χ1n) is 5.86. The SMILES string of the molecule is C[C@@]1(O)[C@@H]2O[P+](=O)OC[C@H]2O[C@H]1n1ccc(=O)[nH]c1=O. The number of ether oxygens (including phenoxy) is 1. The van der Waals surface area contributed by atoms with Crippen LogP contribution in [0.3, 0.4) is 0 Å². The summed E-state index contributed by atoms with van der Waals surface area (Å²) < 4.78 is 27.8. The van der Waals surface area contributed by atoms with E-state index in [0.717, 1.165) is 10.6 Å². The minimum atomic E-state index is -2.32. The lowest BCUT2D eigenvalue weighted by atomic mass is 9.96. The van der Waals surface area contributed by atoms with Crippen molar-refractivity contribution in [2.75, 3.05) is 6.61 Å². The van der Waals surface area contributed by atoms with Crippen LogP contribution < -0.4 is 11.2 Å². The highest BCUT2D eigenvalue weighted by Gasteiger charge is 2.61. The molecule has 5 atom stereocenters. The number of hydrogen-bond acceptors (Lipinski definition) is 7. The highest BCUT2D eigenvalue weighted by atomic mass is 31.1. The maximum absolute atomic E-state index is 11.8. The minimum Gasteiger partial charge on any atom is -0.382 e. The molecule has 2 N–H and O–H groups in total. The Morgan fingerprint density at radius 3 is 3.00 bits per heavy atom. The van der Waals surface area contributed by atoms with Gasteiger partial charge in [-0.1, -0.05) is 0 Å². The van der Waals surface area contributed by atoms with Crippen molar-refractivity contribution in [3.8, 4) is 0 Å². The van der Waals surface area contributed by atoms with Gasteiger partial charge in [0, 0.05) is 16.8 Å². The van der Waals surface area contributed by atoms with E-state index < -0.39 is 43.5 Å². The number of fused-ring (bicyclic) bond motifs is 1. The van der Waals surface area contributed by atoms with Crippen molar-refractivity contribution >= 4 is 8.25 Å². The molecule has 1 unspecified atom stereocenters. The van der Waals surface area contributed by atoms with Gasteiger partial charge < -0.3 is 9.84 Å². The average Bonchev–Trinajstić information content (AvgIpc) is 2.62. The fourth-order valence-corrected chi connectivity index (χ4v) is 3.27. The highest BCUT2D eigenvalue weighted by Crippen LogP contribution is 2.47. The number of aromatic amines is 1. The van der Waals surface area contributed by atoms with Crippen molar-refractivity contribution in [2.24, 2.45) is 0 Å². The summed E-state index contributed by atoms with van der Waals surface area (Å²) in [6, 6.07) is 1.14. The number of aromatic nitrogens is 2. The molecular formula is C10H12N2O7P+. The van der Waals surface area contributed by atoms with Gasteiger partial charge in [0.05, 0.1) is 0 Å². The Kier molecular flexibility index (Phi) is 3.11. The normalized spacial score (nSPS) is 38.7. The van der Waals surface area contributed by atoms with Crippen LogP contribution in [0.4, 0.5) is 0 Å². The number of nitrogens with zero attached hydrogens (tertiary/aromatic N) is 1. The van der Waals surface area contributed by atoms with E-state index >= 15 is 0 Å². The minimum absolute atomic E-state index is 0.00930. The van der Waals surface area contributed by atoms with Crippen molar-refractivity contribution in [2.45, 2.75) is 31.0 Å². The number of rotatable bonds is 1. The molecule has 0 amide bonds. The fourth-order valence-electron chi connectivity index (χ4n) is 2.41. The van der Waals surface area contributed by atoms with Gasteiger partial charge in [0.1, 0.15) is 18.3 Å². The van der Waals surface area contributed by atoms with Crippen molar-refractivity contribution in [3.05, 3.63) is 33.1 Å². The molecule has 3 heterocycles. The van der Waals surface area contributed by atoms with Gasteiger partial charge in [-0.3, -0.25) is 14.3 Å². The maximum Gasteiger partial charge on any atom is 0.697 e. The zero-order valence-corrected chi connectivity index (χ0v) is 11.3. The molecule has 2 aliphatic heterocycles. The van der Waals surface area contributed by atoms with E-state index in [0.29, 0.717) is 0 Å². The lowest BCUT2D eigenvalue weighted by molar-refractivity contribution is -0.0923. The van der Waals surface area contributed by atoms with Gasteiger partial charge >= 0.3 is 13.9 Å². The standard InChI is InChI=1S/C10H11N2O7P/c1-10(15)7-5(4-17-20(16)19-7)18-8(10)12-3-2-6(13)11-9(12)14/h2-3,5,7-8,15H,4H2,1H3/p+1/t5-,7-,8-,10-/m1/s1. The van der Waals surface area contributed by atoms with E-state index in [1.165, 1.54) is 13.1 Å². The molecule has 0 aromatic carbocycles. The van der Waals surface area contributed by atoms with Crippen LogP contribution in [0.1, 0.15) is 13.2 Å². The second-order valence-electron chi connectivity index (χ2n) is 4.82. The molecular weight excluding hydrogens is 291 g/mol. The molecule has 0 aliphatic carbocycles. The Bertz CT molecular complexity index is 666. The molecule has 0 radical (unpaired) electrons. The van der Waals surface area contributed by atoms with Crippen molar-refractivity contribution in [1.82, 2.24) is 9.55 Å². The van der Waals surface area contributed by atoms with E-state index in [1.54, 1.807) is 0 Å². The van der Waals surface area contributed by atoms with E-state index in [2.05, 4.69) is 4.98 Å². The molecule has 2 fully saturated rings. The first-order valence-corrected chi connectivity index (χ1v) is 6.95. The lowest BCUT2D eigenvalue weighted by Crippen LogP contribution is -2.48. The van der Waals surface area contributed by atoms with Crippen LogP contribution in [0, 0.1) is 0 Å². The van der Waals surface area contributed by atoms with Crippen LogP contribution >= 0.6 is 8.25 Å². The van der Waals surface area contributed by atoms with Crippen LogP contribution in [-0.4, -0.2) is 39.1 Å². The molecule has 9 nitrogen and oxygen atoms in total. The summed E-state index contributed by atoms with van der Waals surface area (Å²) in [5.41, 5.74) is -2.86. The van der Waals surface area contributed by atoms with E-state index in [4.69, 9.17) is 13.8 Å². The Morgan fingerprint density at radius 1 is 1.55 bits per heavy atom. The smallest absolute Gasteiger partial charge is 0.382 e. The third-order valence-corrected chi connectivity index (χ3v) is 4.12. The van der Waals surface area contributed by atoms with Gasteiger partial charge in [0.15, 0.2) is 12.3 Å². The highest BCUT2D eigenvalue weighted by molar-refractivity contribution is 7.33. The fraction of sp³-hybridized carbons (Fsp3) is 0.600. The van der Waals surface area contributed by atoms with Crippen LogP contribution in [-0.2, 0) is 18.3 Å². The zero-order valence-electron chi connectivity index (χ0n) is 10.4. The van der Waals surface area contributed by atoms with Crippen LogP contribution in [0.2, 0.25) is 0 Å². The Hall–Kier alpha value is -1.38. The molecule has 0 bridgehead atoms. The molecule has 108 valence electrons. The number of aliphatic hydroxyl groups is 1. The number of nitrogens with one attached hydrogen (secondary N) is 1.